The molecule has 1 aliphatic heterocycles. The third kappa shape index (κ3) is 6.40. The first-order chi connectivity index (χ1) is 14.5. The highest BCUT2D eigenvalue weighted by Gasteiger charge is 2.21. The number of hydrogen-bond donors (Lipinski definition) is 2. The summed E-state index contributed by atoms with van der Waals surface area (Å²) in [6, 6.07) is 13.0. The second-order valence-electron chi connectivity index (χ2n) is 6.64. The molecule has 0 spiro atoms. The number of rotatable bonds is 6. The van der Waals surface area contributed by atoms with Gasteiger partial charge >= 0.3 is 0 Å². The van der Waals surface area contributed by atoms with Gasteiger partial charge in [0.1, 0.15) is 11.5 Å². The molecule has 30 heavy (non-hydrogen) atoms. The van der Waals surface area contributed by atoms with Crippen molar-refractivity contribution >= 4 is 47.2 Å². The SMILES string of the molecule is O=C(C=Cc1ccc(O)cc1)C(C(=O)C=Cc1ccc(O)cc1)=C1SCCCCS1. The van der Waals surface area contributed by atoms with E-state index in [1.807, 2.05) is 0 Å². The van der Waals surface area contributed by atoms with Crippen LogP contribution in [0.4, 0.5) is 0 Å². The van der Waals surface area contributed by atoms with Gasteiger partial charge in [0.05, 0.1) is 9.81 Å². The van der Waals surface area contributed by atoms with Crippen LogP contribution in [0.5, 0.6) is 11.5 Å². The highest BCUT2D eigenvalue weighted by Crippen LogP contribution is 2.37. The molecule has 1 fully saturated rings. The number of benzene rings is 2. The fourth-order valence-corrected chi connectivity index (χ4v) is 5.32. The highest BCUT2D eigenvalue weighted by molar-refractivity contribution is 8.22. The van der Waals surface area contributed by atoms with Crippen LogP contribution in [0.25, 0.3) is 12.2 Å². The Bertz CT molecular complexity index is 907. The van der Waals surface area contributed by atoms with E-state index >= 15 is 0 Å². The number of phenolic OH excluding ortho intramolecular Hbond substituents is 2. The number of allylic oxidation sites excluding steroid dienone is 3. The molecule has 0 radical (unpaired) electrons. The number of carbonyl (C=O) groups is 2. The van der Waals surface area contributed by atoms with Crippen LogP contribution in [0.3, 0.4) is 0 Å². The van der Waals surface area contributed by atoms with Crippen LogP contribution in [-0.2, 0) is 9.59 Å². The molecule has 1 heterocycles. The Hall–Kier alpha value is -2.70. The van der Waals surface area contributed by atoms with Crippen molar-refractivity contribution in [1.82, 2.24) is 0 Å². The maximum absolute atomic E-state index is 13.0. The smallest absolute Gasteiger partial charge is 0.191 e. The molecule has 154 valence electrons. The third-order valence-corrected chi connectivity index (χ3v) is 6.97. The predicted octanol–water partition coefficient (Wildman–Crippen LogP) is 5.43. The molecule has 6 heteroatoms. The Labute approximate surface area is 184 Å². The summed E-state index contributed by atoms with van der Waals surface area (Å²) in [5.41, 5.74) is 1.72. The van der Waals surface area contributed by atoms with Gasteiger partial charge in [0.2, 0.25) is 0 Å². The second kappa shape index (κ2) is 10.9. The average Bonchev–Trinajstić information content (AvgIpc) is 3.02. The molecule has 0 aromatic heterocycles. The molecule has 2 aromatic carbocycles. The van der Waals surface area contributed by atoms with Crippen LogP contribution in [0.2, 0.25) is 0 Å². The van der Waals surface area contributed by atoms with Crippen LogP contribution in [-0.4, -0.2) is 33.3 Å². The van der Waals surface area contributed by atoms with Crippen molar-refractivity contribution in [2.45, 2.75) is 12.8 Å². The van der Waals surface area contributed by atoms with E-state index in [0.29, 0.717) is 0 Å². The third-order valence-electron chi connectivity index (χ3n) is 4.34. The molecular weight excluding hydrogens is 416 g/mol. The summed E-state index contributed by atoms with van der Waals surface area (Å²) in [5.74, 6) is 1.41. The standard InChI is InChI=1S/C24H22O4S2/c25-19-9-3-17(4-10-19)7-13-21(27)23(24-29-15-1-2-16-30-24)22(28)14-8-18-5-11-20(26)12-6-18/h3-14,25-26H,1-2,15-16H2. The van der Waals surface area contributed by atoms with Gasteiger partial charge in [0, 0.05) is 0 Å². The maximum Gasteiger partial charge on any atom is 0.191 e. The number of phenols is 2. The average molecular weight is 439 g/mol. The van der Waals surface area contributed by atoms with Gasteiger partial charge in [-0.2, -0.15) is 0 Å². The first-order valence-electron chi connectivity index (χ1n) is 9.56. The van der Waals surface area contributed by atoms with Gasteiger partial charge in [0.15, 0.2) is 11.6 Å². The van der Waals surface area contributed by atoms with Crippen LogP contribution in [0.15, 0.2) is 70.5 Å². The van der Waals surface area contributed by atoms with Crippen molar-refractivity contribution in [3.63, 3.8) is 0 Å². The van der Waals surface area contributed by atoms with Crippen LogP contribution in [0, 0.1) is 0 Å². The predicted molar refractivity (Wildman–Crippen MR) is 125 cm³/mol. The zero-order valence-corrected chi connectivity index (χ0v) is 17.9. The van der Waals surface area contributed by atoms with E-state index in [2.05, 4.69) is 0 Å². The Morgan fingerprint density at radius 1 is 0.700 bits per heavy atom. The molecule has 0 atom stereocenters. The Morgan fingerprint density at radius 3 is 1.50 bits per heavy atom. The number of carbonyl (C=O) groups excluding carboxylic acids is 2. The molecule has 0 saturated carbocycles. The zero-order valence-electron chi connectivity index (χ0n) is 16.3. The van der Waals surface area contributed by atoms with Crippen LogP contribution >= 0.6 is 23.5 Å². The molecule has 1 saturated heterocycles. The van der Waals surface area contributed by atoms with Gasteiger partial charge in [-0.1, -0.05) is 36.4 Å². The molecule has 2 N–H and O–H groups in total. The summed E-state index contributed by atoms with van der Waals surface area (Å²) in [5, 5.41) is 18.8. The van der Waals surface area contributed by atoms with Gasteiger partial charge < -0.3 is 10.2 Å². The molecule has 0 unspecified atom stereocenters. The van der Waals surface area contributed by atoms with Crippen molar-refractivity contribution in [1.29, 1.82) is 0 Å². The Kier molecular flexibility index (Phi) is 7.99. The van der Waals surface area contributed by atoms with Crippen LogP contribution < -0.4 is 0 Å². The summed E-state index contributed by atoms with van der Waals surface area (Å²) in [7, 11) is 0. The van der Waals surface area contributed by atoms with E-state index in [0.717, 1.165) is 39.7 Å². The lowest BCUT2D eigenvalue weighted by Gasteiger charge is -2.08. The van der Waals surface area contributed by atoms with E-state index in [-0.39, 0.29) is 28.6 Å². The fraction of sp³-hybridized carbons (Fsp3) is 0.167. The summed E-state index contributed by atoms with van der Waals surface area (Å²) in [4.78, 5) is 26.0. The molecule has 0 bridgehead atoms. The summed E-state index contributed by atoms with van der Waals surface area (Å²) in [6.45, 7) is 0. The van der Waals surface area contributed by atoms with Gasteiger partial charge in [-0.15, -0.1) is 23.5 Å². The van der Waals surface area contributed by atoms with Gasteiger partial charge in [-0.3, -0.25) is 9.59 Å². The quantitative estimate of drug-likeness (QED) is 0.356. The summed E-state index contributed by atoms with van der Waals surface area (Å²) < 4.78 is 0.771. The normalized spacial score (nSPS) is 14.7. The molecule has 3 rings (SSSR count). The number of aromatic hydroxyl groups is 2. The lowest BCUT2D eigenvalue weighted by molar-refractivity contribution is -0.116. The summed E-state index contributed by atoms with van der Waals surface area (Å²) in [6.07, 6.45) is 8.23. The minimum atomic E-state index is -0.333. The van der Waals surface area contributed by atoms with E-state index in [9.17, 15) is 19.8 Å². The molecule has 1 aliphatic rings. The first-order valence-corrected chi connectivity index (χ1v) is 11.5. The van der Waals surface area contributed by atoms with E-state index in [4.69, 9.17) is 0 Å². The van der Waals surface area contributed by atoms with E-state index < -0.39 is 0 Å². The molecule has 0 aliphatic carbocycles. The highest BCUT2D eigenvalue weighted by atomic mass is 32.2. The van der Waals surface area contributed by atoms with Gasteiger partial charge in [0.25, 0.3) is 0 Å². The molecule has 0 amide bonds. The van der Waals surface area contributed by atoms with E-state index in [1.54, 1.807) is 84.2 Å². The van der Waals surface area contributed by atoms with Crippen molar-refractivity contribution < 1.29 is 19.8 Å². The fourth-order valence-electron chi connectivity index (χ4n) is 2.72. The minimum absolute atomic E-state index is 0.155. The second-order valence-corrected chi connectivity index (χ2v) is 9.11. The topological polar surface area (TPSA) is 74.6 Å². The van der Waals surface area contributed by atoms with Crippen molar-refractivity contribution in [2.24, 2.45) is 0 Å². The van der Waals surface area contributed by atoms with Gasteiger partial charge in [-0.05, 0) is 71.9 Å². The first kappa shape index (κ1) is 22.0. The number of ketones is 2. The molecular formula is C24H22O4S2. The Balaban J connectivity index is 1.86. The van der Waals surface area contributed by atoms with Gasteiger partial charge in [-0.25, -0.2) is 0 Å². The minimum Gasteiger partial charge on any atom is -0.508 e. The largest absolute Gasteiger partial charge is 0.508 e. The Morgan fingerprint density at radius 2 is 1.10 bits per heavy atom. The van der Waals surface area contributed by atoms with Crippen molar-refractivity contribution in [2.75, 3.05) is 11.5 Å². The monoisotopic (exact) mass is 438 g/mol. The number of hydrogen-bond acceptors (Lipinski definition) is 6. The summed E-state index contributed by atoms with van der Waals surface area (Å²) >= 11 is 3.13. The maximum atomic E-state index is 13.0. The molecule has 2 aromatic rings. The lowest BCUT2D eigenvalue weighted by atomic mass is 10.1. The zero-order chi connectivity index (χ0) is 21.3. The van der Waals surface area contributed by atoms with Crippen LogP contribution in [0.1, 0.15) is 24.0 Å². The van der Waals surface area contributed by atoms with Crippen molar-refractivity contribution in [3.8, 4) is 11.5 Å². The number of thioether (sulfide) groups is 2. The van der Waals surface area contributed by atoms with Crippen molar-refractivity contribution in [3.05, 3.63) is 81.6 Å². The van der Waals surface area contributed by atoms with E-state index in [1.165, 1.54) is 12.2 Å². The molecule has 4 nitrogen and oxygen atoms in total. The lowest BCUT2D eigenvalue weighted by Crippen LogP contribution is -2.10.